The van der Waals surface area contributed by atoms with Crippen LogP contribution in [0.15, 0.2) is 12.3 Å². The summed E-state index contributed by atoms with van der Waals surface area (Å²) in [6, 6.07) is 1.56. The Balaban J connectivity index is 2.88. The number of carbonyl (C=O) groups excluding carboxylic acids is 1. The van der Waals surface area contributed by atoms with Crippen molar-refractivity contribution >= 4 is 5.97 Å². The molecule has 0 aliphatic rings. The minimum absolute atomic E-state index is 0.212. The number of carbonyl (C=O) groups is 1. The molecule has 0 aliphatic carbocycles. The maximum Gasteiger partial charge on any atom is 0.357 e. The second-order valence-corrected chi connectivity index (χ2v) is 3.18. The number of nitrogens with zero attached hydrogens (tertiary/aromatic N) is 2. The molecule has 0 atom stereocenters. The summed E-state index contributed by atoms with van der Waals surface area (Å²) in [5, 5.41) is 0. The fourth-order valence-corrected chi connectivity index (χ4v) is 0.971. The predicted molar refractivity (Wildman–Crippen MR) is 52.1 cm³/mol. The summed E-state index contributed by atoms with van der Waals surface area (Å²) in [6.45, 7) is 6.08. The molecule has 0 saturated heterocycles. The number of hydrogen-bond acceptors (Lipinski definition) is 4. The van der Waals surface area contributed by atoms with Crippen LogP contribution in [0.25, 0.3) is 0 Å². The van der Waals surface area contributed by atoms with Crippen molar-refractivity contribution in [2.24, 2.45) is 0 Å². The van der Waals surface area contributed by atoms with Crippen LogP contribution >= 0.6 is 0 Å². The van der Waals surface area contributed by atoms with Crippen LogP contribution in [0.3, 0.4) is 0 Å². The van der Waals surface area contributed by atoms with Crippen molar-refractivity contribution in [3.8, 4) is 0 Å². The number of hydrogen-bond donors (Lipinski definition) is 0. The van der Waals surface area contributed by atoms with Gasteiger partial charge in [0, 0.05) is 12.1 Å². The van der Waals surface area contributed by atoms with Gasteiger partial charge >= 0.3 is 5.97 Å². The molecule has 4 nitrogen and oxygen atoms in total. The molecule has 0 aliphatic heterocycles. The molecule has 0 saturated carbocycles. The van der Waals surface area contributed by atoms with Crippen LogP contribution in [-0.4, -0.2) is 22.5 Å². The van der Waals surface area contributed by atoms with Crippen LogP contribution in [0, 0.1) is 0 Å². The zero-order chi connectivity index (χ0) is 10.6. The van der Waals surface area contributed by atoms with Gasteiger partial charge < -0.3 is 4.74 Å². The Kier molecular flexibility index (Phi) is 3.56. The van der Waals surface area contributed by atoms with Gasteiger partial charge in [0.1, 0.15) is 5.82 Å². The molecule has 0 spiro atoms. The van der Waals surface area contributed by atoms with Gasteiger partial charge in [-0.1, -0.05) is 13.8 Å². The van der Waals surface area contributed by atoms with E-state index < -0.39 is 5.97 Å². The van der Waals surface area contributed by atoms with Crippen molar-refractivity contribution < 1.29 is 9.53 Å². The van der Waals surface area contributed by atoms with E-state index in [0.717, 1.165) is 0 Å². The van der Waals surface area contributed by atoms with E-state index in [2.05, 4.69) is 9.97 Å². The number of rotatable bonds is 3. The molecule has 0 radical (unpaired) electrons. The molecule has 0 bridgehead atoms. The van der Waals surface area contributed by atoms with Crippen LogP contribution in [0.4, 0.5) is 0 Å². The highest BCUT2D eigenvalue weighted by molar-refractivity contribution is 5.87. The molecule has 0 fully saturated rings. The maximum absolute atomic E-state index is 11.3. The van der Waals surface area contributed by atoms with Crippen LogP contribution in [0.5, 0.6) is 0 Å². The Morgan fingerprint density at radius 2 is 2.29 bits per heavy atom. The summed E-state index contributed by atoms with van der Waals surface area (Å²) in [5.74, 6) is 0.483. The molecular weight excluding hydrogens is 180 g/mol. The summed E-state index contributed by atoms with van der Waals surface area (Å²) in [7, 11) is 0. The number of ether oxygens (including phenoxy) is 1. The summed E-state index contributed by atoms with van der Waals surface area (Å²) in [5.41, 5.74) is 0.325. The zero-order valence-electron chi connectivity index (χ0n) is 8.65. The van der Waals surface area contributed by atoms with E-state index in [9.17, 15) is 4.79 Å². The van der Waals surface area contributed by atoms with E-state index in [1.165, 1.54) is 0 Å². The highest BCUT2D eigenvalue weighted by Gasteiger charge is 2.10. The second-order valence-electron chi connectivity index (χ2n) is 3.18. The van der Waals surface area contributed by atoms with E-state index >= 15 is 0 Å². The van der Waals surface area contributed by atoms with Gasteiger partial charge in [-0.3, -0.25) is 0 Å². The average molecular weight is 194 g/mol. The fraction of sp³-hybridized carbons (Fsp3) is 0.500. The lowest BCUT2D eigenvalue weighted by atomic mass is 10.2. The van der Waals surface area contributed by atoms with Crippen LogP contribution < -0.4 is 0 Å². The lowest BCUT2D eigenvalue weighted by molar-refractivity contribution is 0.0519. The standard InChI is InChI=1S/C10H14N2O2/c1-4-14-10(13)8-5-6-11-9(12-8)7(2)3/h5-7H,4H2,1-3H3. The summed E-state index contributed by atoms with van der Waals surface area (Å²) in [6.07, 6.45) is 1.58. The van der Waals surface area contributed by atoms with Gasteiger partial charge in [0.05, 0.1) is 6.61 Å². The number of esters is 1. The largest absolute Gasteiger partial charge is 0.461 e. The fourth-order valence-electron chi connectivity index (χ4n) is 0.971. The first kappa shape index (κ1) is 10.6. The first-order valence-corrected chi connectivity index (χ1v) is 4.65. The van der Waals surface area contributed by atoms with Gasteiger partial charge in [0.2, 0.25) is 0 Å². The van der Waals surface area contributed by atoms with Crippen molar-refractivity contribution in [1.29, 1.82) is 0 Å². The lowest BCUT2D eigenvalue weighted by Crippen LogP contribution is -2.09. The van der Waals surface area contributed by atoms with Gasteiger partial charge in [-0.05, 0) is 13.0 Å². The van der Waals surface area contributed by atoms with Gasteiger partial charge in [-0.25, -0.2) is 14.8 Å². The average Bonchev–Trinajstić information content (AvgIpc) is 2.18. The van der Waals surface area contributed by atoms with Crippen molar-refractivity contribution in [2.45, 2.75) is 26.7 Å². The quantitative estimate of drug-likeness (QED) is 0.688. The van der Waals surface area contributed by atoms with Crippen molar-refractivity contribution in [3.63, 3.8) is 0 Å². The summed E-state index contributed by atoms with van der Waals surface area (Å²) >= 11 is 0. The lowest BCUT2D eigenvalue weighted by Gasteiger charge is -2.05. The van der Waals surface area contributed by atoms with Crippen molar-refractivity contribution in [2.75, 3.05) is 6.61 Å². The molecule has 0 unspecified atom stereocenters. The first-order chi connectivity index (χ1) is 6.65. The third kappa shape index (κ3) is 2.52. The predicted octanol–water partition coefficient (Wildman–Crippen LogP) is 1.78. The Labute approximate surface area is 83.3 Å². The molecule has 1 aromatic heterocycles. The molecule has 4 heteroatoms. The van der Waals surface area contributed by atoms with E-state index in [1.807, 2.05) is 13.8 Å². The second kappa shape index (κ2) is 4.69. The van der Waals surface area contributed by atoms with E-state index in [0.29, 0.717) is 18.1 Å². The molecular formula is C10H14N2O2. The molecule has 0 amide bonds. The van der Waals surface area contributed by atoms with Gasteiger partial charge in [-0.15, -0.1) is 0 Å². The Hall–Kier alpha value is -1.45. The van der Waals surface area contributed by atoms with Crippen molar-refractivity contribution in [3.05, 3.63) is 23.8 Å². The summed E-state index contributed by atoms with van der Waals surface area (Å²) < 4.78 is 4.83. The highest BCUT2D eigenvalue weighted by atomic mass is 16.5. The molecule has 76 valence electrons. The molecule has 1 rings (SSSR count). The minimum Gasteiger partial charge on any atom is -0.461 e. The Bertz CT molecular complexity index is 324. The molecule has 0 N–H and O–H groups in total. The third-order valence-corrected chi connectivity index (χ3v) is 1.68. The molecule has 1 aromatic rings. The highest BCUT2D eigenvalue weighted by Crippen LogP contribution is 2.08. The van der Waals surface area contributed by atoms with E-state index in [-0.39, 0.29) is 5.92 Å². The van der Waals surface area contributed by atoms with Gasteiger partial charge in [0.25, 0.3) is 0 Å². The molecule has 1 heterocycles. The first-order valence-electron chi connectivity index (χ1n) is 4.65. The monoisotopic (exact) mass is 194 g/mol. The Morgan fingerprint density at radius 1 is 1.57 bits per heavy atom. The smallest absolute Gasteiger partial charge is 0.357 e. The third-order valence-electron chi connectivity index (χ3n) is 1.68. The topological polar surface area (TPSA) is 52.1 Å². The molecule has 0 aromatic carbocycles. The maximum atomic E-state index is 11.3. The van der Waals surface area contributed by atoms with Crippen LogP contribution in [0.1, 0.15) is 43.0 Å². The Morgan fingerprint density at radius 3 is 2.86 bits per heavy atom. The molecule has 14 heavy (non-hydrogen) atoms. The summed E-state index contributed by atoms with van der Waals surface area (Å²) in [4.78, 5) is 19.5. The van der Waals surface area contributed by atoms with Crippen molar-refractivity contribution in [1.82, 2.24) is 9.97 Å². The van der Waals surface area contributed by atoms with Gasteiger partial charge in [0.15, 0.2) is 5.69 Å². The van der Waals surface area contributed by atoms with Crippen LogP contribution in [0.2, 0.25) is 0 Å². The van der Waals surface area contributed by atoms with Crippen LogP contribution in [-0.2, 0) is 4.74 Å². The zero-order valence-corrected chi connectivity index (χ0v) is 8.65. The SMILES string of the molecule is CCOC(=O)c1ccnc(C(C)C)n1. The van der Waals surface area contributed by atoms with E-state index in [1.54, 1.807) is 19.2 Å². The minimum atomic E-state index is -0.392. The number of aromatic nitrogens is 2. The van der Waals surface area contributed by atoms with E-state index in [4.69, 9.17) is 4.74 Å². The normalized spacial score (nSPS) is 10.3. The van der Waals surface area contributed by atoms with Gasteiger partial charge in [-0.2, -0.15) is 0 Å².